The monoisotopic (exact) mass is 494 g/mol. The number of nitrogens with zero attached hydrogens (tertiary/aromatic N) is 2. The Morgan fingerprint density at radius 2 is 1.70 bits per heavy atom. The van der Waals surface area contributed by atoms with E-state index in [0.717, 1.165) is 51.6 Å². The van der Waals surface area contributed by atoms with Gasteiger partial charge in [-0.05, 0) is 89.7 Å². The average Bonchev–Trinajstić information content (AvgIpc) is 3.75. The first kappa shape index (κ1) is 24.5. The number of carbonyl (C=O) groups is 2. The van der Waals surface area contributed by atoms with Crippen molar-refractivity contribution in [3.8, 4) is 16.9 Å². The molecule has 6 heteroatoms. The van der Waals surface area contributed by atoms with Crippen LogP contribution in [0, 0.1) is 12.8 Å². The van der Waals surface area contributed by atoms with Crippen LogP contribution in [0.5, 0.6) is 5.75 Å². The molecule has 0 aliphatic heterocycles. The number of benzene rings is 3. The molecule has 1 aromatic heterocycles. The molecule has 1 fully saturated rings. The van der Waals surface area contributed by atoms with E-state index in [1.165, 1.54) is 7.11 Å². The highest BCUT2D eigenvalue weighted by molar-refractivity contribution is 6.04. The van der Waals surface area contributed by atoms with Crippen molar-refractivity contribution in [3.05, 3.63) is 89.6 Å². The summed E-state index contributed by atoms with van der Waals surface area (Å²) in [5, 5.41) is 1.66. The molecule has 37 heavy (non-hydrogen) atoms. The molecular formula is C31H30N2O4. The molecule has 0 saturated heterocycles. The zero-order valence-corrected chi connectivity index (χ0v) is 21.4. The summed E-state index contributed by atoms with van der Waals surface area (Å²) in [6.45, 7) is 2.45. The molecule has 1 saturated carbocycles. The van der Waals surface area contributed by atoms with Gasteiger partial charge in [-0.25, -0.2) is 9.78 Å². The molecule has 1 amide bonds. The first-order valence-electron chi connectivity index (χ1n) is 12.5. The minimum absolute atomic E-state index is 0.0643. The third-order valence-electron chi connectivity index (χ3n) is 6.90. The van der Waals surface area contributed by atoms with Crippen LogP contribution in [0.1, 0.15) is 40.7 Å². The fourth-order valence-electron chi connectivity index (χ4n) is 4.63. The fraction of sp³-hybridized carbons (Fsp3) is 0.258. The lowest BCUT2D eigenvalue weighted by Crippen LogP contribution is -2.31. The third kappa shape index (κ3) is 5.33. The topological polar surface area (TPSA) is 68.7 Å². The summed E-state index contributed by atoms with van der Waals surface area (Å²) in [5.74, 6) is 1.60. The van der Waals surface area contributed by atoms with Gasteiger partial charge in [-0.2, -0.15) is 0 Å². The normalized spacial score (nSPS) is 12.8. The number of fused-ring (bicyclic) bond motifs is 1. The Morgan fingerprint density at radius 3 is 2.38 bits per heavy atom. The summed E-state index contributed by atoms with van der Waals surface area (Å²) in [7, 11) is 3.04. The van der Waals surface area contributed by atoms with Gasteiger partial charge in [0, 0.05) is 18.0 Å². The zero-order chi connectivity index (χ0) is 25.9. The van der Waals surface area contributed by atoms with Gasteiger partial charge in [0.05, 0.1) is 26.3 Å². The lowest BCUT2D eigenvalue weighted by atomic mass is 10.0. The van der Waals surface area contributed by atoms with E-state index in [2.05, 4.69) is 41.4 Å². The number of rotatable bonds is 8. The standard InChI is InChI=1S/C31H30N2O4/c1-20-16-24(11-13-28(20)36-2)23-8-6-22(7-9-23)19-33(29(34)17-21-4-5-21)30-27-12-10-26(31(35)37-3)18-25(27)14-15-32-30/h6-16,18,21H,4-5,17,19H2,1-3H3. The molecule has 3 aromatic carbocycles. The van der Waals surface area contributed by atoms with Crippen LogP contribution in [0.4, 0.5) is 5.82 Å². The number of hydrogen-bond donors (Lipinski definition) is 0. The molecule has 188 valence electrons. The number of anilines is 1. The predicted molar refractivity (Wildman–Crippen MR) is 145 cm³/mol. The molecule has 0 atom stereocenters. The Kier molecular flexibility index (Phi) is 6.91. The molecular weight excluding hydrogens is 464 g/mol. The van der Waals surface area contributed by atoms with E-state index >= 15 is 0 Å². The van der Waals surface area contributed by atoms with Crippen LogP contribution in [-0.2, 0) is 16.1 Å². The van der Waals surface area contributed by atoms with Gasteiger partial charge >= 0.3 is 5.97 Å². The highest BCUT2D eigenvalue weighted by Crippen LogP contribution is 2.35. The van der Waals surface area contributed by atoms with Crippen LogP contribution in [0.2, 0.25) is 0 Å². The number of methoxy groups -OCH3 is 2. The van der Waals surface area contributed by atoms with Gasteiger partial charge in [-0.3, -0.25) is 9.69 Å². The number of hydrogen-bond acceptors (Lipinski definition) is 5. The molecule has 5 rings (SSSR count). The highest BCUT2D eigenvalue weighted by atomic mass is 16.5. The SMILES string of the molecule is COC(=O)c1ccc2c(N(Cc3ccc(-c4ccc(OC)c(C)c4)cc3)C(=O)CC3CC3)nccc2c1. The maximum Gasteiger partial charge on any atom is 0.337 e. The van der Waals surface area contributed by atoms with Crippen molar-refractivity contribution in [3.63, 3.8) is 0 Å². The van der Waals surface area contributed by atoms with E-state index in [1.54, 1.807) is 30.3 Å². The first-order valence-corrected chi connectivity index (χ1v) is 12.5. The quantitative estimate of drug-likeness (QED) is 0.267. The molecule has 6 nitrogen and oxygen atoms in total. The van der Waals surface area contributed by atoms with Crippen LogP contribution < -0.4 is 9.64 Å². The van der Waals surface area contributed by atoms with E-state index < -0.39 is 5.97 Å². The minimum Gasteiger partial charge on any atom is -0.496 e. The Labute approximate surface area is 216 Å². The first-order chi connectivity index (χ1) is 18.0. The number of aromatic nitrogens is 1. The third-order valence-corrected chi connectivity index (χ3v) is 6.90. The molecule has 0 radical (unpaired) electrons. The van der Waals surface area contributed by atoms with E-state index in [-0.39, 0.29) is 5.91 Å². The van der Waals surface area contributed by atoms with Crippen molar-refractivity contribution in [1.29, 1.82) is 0 Å². The van der Waals surface area contributed by atoms with Crippen molar-refractivity contribution < 1.29 is 19.1 Å². The smallest absolute Gasteiger partial charge is 0.337 e. The number of pyridine rings is 1. The summed E-state index contributed by atoms with van der Waals surface area (Å²) in [6.07, 6.45) is 4.40. The predicted octanol–water partition coefficient (Wildman–Crippen LogP) is 6.34. The lowest BCUT2D eigenvalue weighted by Gasteiger charge is -2.24. The summed E-state index contributed by atoms with van der Waals surface area (Å²) in [6, 6.07) is 21.6. The number of esters is 1. The van der Waals surface area contributed by atoms with Gasteiger partial charge < -0.3 is 9.47 Å². The Hall–Kier alpha value is -4.19. The molecule has 0 bridgehead atoms. The second kappa shape index (κ2) is 10.4. The number of amides is 1. The Balaban J connectivity index is 1.46. The van der Waals surface area contributed by atoms with Gasteiger partial charge in [-0.15, -0.1) is 0 Å². The second-order valence-electron chi connectivity index (χ2n) is 9.57. The van der Waals surface area contributed by atoms with Crippen molar-refractivity contribution in [1.82, 2.24) is 4.98 Å². The lowest BCUT2D eigenvalue weighted by molar-refractivity contribution is -0.119. The largest absolute Gasteiger partial charge is 0.496 e. The van der Waals surface area contributed by atoms with Crippen molar-refractivity contribution in [2.75, 3.05) is 19.1 Å². The van der Waals surface area contributed by atoms with Gasteiger partial charge in [0.15, 0.2) is 0 Å². The molecule has 1 heterocycles. The highest BCUT2D eigenvalue weighted by Gasteiger charge is 2.29. The Bertz CT molecular complexity index is 1460. The fourth-order valence-corrected chi connectivity index (χ4v) is 4.63. The number of aryl methyl sites for hydroxylation is 1. The van der Waals surface area contributed by atoms with Crippen LogP contribution in [0.25, 0.3) is 21.9 Å². The summed E-state index contributed by atoms with van der Waals surface area (Å²) < 4.78 is 10.2. The molecule has 1 aliphatic rings. The van der Waals surface area contributed by atoms with Gasteiger partial charge in [-0.1, -0.05) is 30.3 Å². The number of ether oxygens (including phenoxy) is 2. The van der Waals surface area contributed by atoms with Gasteiger partial charge in [0.25, 0.3) is 0 Å². The zero-order valence-electron chi connectivity index (χ0n) is 21.4. The van der Waals surface area contributed by atoms with Gasteiger partial charge in [0.1, 0.15) is 11.6 Å². The summed E-state index contributed by atoms with van der Waals surface area (Å²) in [4.78, 5) is 31.9. The van der Waals surface area contributed by atoms with Crippen molar-refractivity contribution in [2.45, 2.75) is 32.7 Å². The average molecular weight is 495 g/mol. The van der Waals surface area contributed by atoms with Crippen LogP contribution in [0.15, 0.2) is 72.9 Å². The molecule has 1 aliphatic carbocycles. The molecule has 0 spiro atoms. The van der Waals surface area contributed by atoms with Gasteiger partial charge in [0.2, 0.25) is 5.91 Å². The molecule has 0 unspecified atom stereocenters. The maximum absolute atomic E-state index is 13.4. The molecule has 0 N–H and O–H groups in total. The second-order valence-corrected chi connectivity index (χ2v) is 9.57. The Morgan fingerprint density at radius 1 is 0.946 bits per heavy atom. The summed E-state index contributed by atoms with van der Waals surface area (Å²) >= 11 is 0. The van der Waals surface area contributed by atoms with E-state index in [0.29, 0.717) is 30.3 Å². The van der Waals surface area contributed by atoms with E-state index in [1.807, 2.05) is 25.1 Å². The molecule has 4 aromatic rings. The summed E-state index contributed by atoms with van der Waals surface area (Å²) in [5.41, 5.74) is 4.78. The maximum atomic E-state index is 13.4. The van der Waals surface area contributed by atoms with Crippen LogP contribution in [-0.4, -0.2) is 31.1 Å². The van der Waals surface area contributed by atoms with E-state index in [4.69, 9.17) is 9.47 Å². The van der Waals surface area contributed by atoms with Crippen molar-refractivity contribution >= 4 is 28.5 Å². The van der Waals surface area contributed by atoms with Crippen LogP contribution >= 0.6 is 0 Å². The number of carbonyl (C=O) groups excluding carboxylic acids is 2. The van der Waals surface area contributed by atoms with E-state index in [9.17, 15) is 9.59 Å². The van der Waals surface area contributed by atoms with Crippen molar-refractivity contribution in [2.24, 2.45) is 5.92 Å². The van der Waals surface area contributed by atoms with Crippen LogP contribution in [0.3, 0.4) is 0 Å². The minimum atomic E-state index is -0.394.